The quantitative estimate of drug-likeness (QED) is 0.387. The summed E-state index contributed by atoms with van der Waals surface area (Å²) in [6.45, 7) is 5.32. The highest BCUT2D eigenvalue weighted by atomic mass is 32.2. The average Bonchev–Trinajstić information content (AvgIpc) is 2.86. The zero-order valence-corrected chi connectivity index (χ0v) is 20.9. The van der Waals surface area contributed by atoms with Gasteiger partial charge < -0.3 is 19.5 Å². The van der Waals surface area contributed by atoms with Gasteiger partial charge in [0.05, 0.1) is 25.2 Å². The SMILES string of the molecule is CCOc1ccc(CCNC(=O)c2ccc(S(=O)(=O)Nc3ccc(OC)cc3)cc2)cc1OCC. The van der Waals surface area contributed by atoms with Crippen LogP contribution in [0.3, 0.4) is 0 Å². The van der Waals surface area contributed by atoms with E-state index in [4.69, 9.17) is 14.2 Å². The molecule has 35 heavy (non-hydrogen) atoms. The van der Waals surface area contributed by atoms with E-state index in [0.717, 1.165) is 5.56 Å². The van der Waals surface area contributed by atoms with Crippen LogP contribution in [0.4, 0.5) is 5.69 Å². The van der Waals surface area contributed by atoms with Crippen molar-refractivity contribution in [1.82, 2.24) is 5.32 Å². The predicted octanol–water partition coefficient (Wildman–Crippen LogP) is 4.27. The fourth-order valence-corrected chi connectivity index (χ4v) is 4.39. The third-order valence-electron chi connectivity index (χ3n) is 5.08. The Bertz CT molecular complexity index is 1230. The minimum atomic E-state index is -3.79. The van der Waals surface area contributed by atoms with Gasteiger partial charge in [0, 0.05) is 17.8 Å². The molecule has 0 aliphatic rings. The minimum absolute atomic E-state index is 0.0581. The smallest absolute Gasteiger partial charge is 0.261 e. The molecular weight excluding hydrogens is 468 g/mol. The Morgan fingerprint density at radius 1 is 0.857 bits per heavy atom. The van der Waals surface area contributed by atoms with Crippen LogP contribution in [-0.2, 0) is 16.4 Å². The lowest BCUT2D eigenvalue weighted by Gasteiger charge is -2.13. The molecule has 0 saturated carbocycles. The maximum absolute atomic E-state index is 12.6. The van der Waals surface area contributed by atoms with Gasteiger partial charge in [-0.2, -0.15) is 0 Å². The zero-order valence-electron chi connectivity index (χ0n) is 20.0. The van der Waals surface area contributed by atoms with E-state index < -0.39 is 10.0 Å². The van der Waals surface area contributed by atoms with E-state index in [-0.39, 0.29) is 10.8 Å². The first-order valence-electron chi connectivity index (χ1n) is 11.3. The topological polar surface area (TPSA) is 103 Å². The van der Waals surface area contributed by atoms with Crippen molar-refractivity contribution in [2.75, 3.05) is 31.6 Å². The zero-order chi connectivity index (χ0) is 25.3. The number of nitrogens with one attached hydrogen (secondary N) is 2. The van der Waals surface area contributed by atoms with Crippen LogP contribution in [0.5, 0.6) is 17.2 Å². The number of rotatable bonds is 12. The van der Waals surface area contributed by atoms with Gasteiger partial charge in [0.15, 0.2) is 11.5 Å². The Balaban J connectivity index is 1.57. The number of hydrogen-bond donors (Lipinski definition) is 2. The summed E-state index contributed by atoms with van der Waals surface area (Å²) < 4.78 is 44.1. The van der Waals surface area contributed by atoms with Crippen molar-refractivity contribution < 1.29 is 27.4 Å². The van der Waals surface area contributed by atoms with Crippen LogP contribution in [0, 0.1) is 0 Å². The third kappa shape index (κ3) is 7.13. The van der Waals surface area contributed by atoms with Crippen LogP contribution in [0.2, 0.25) is 0 Å². The Kier molecular flexibility index (Phi) is 8.97. The monoisotopic (exact) mass is 498 g/mol. The molecule has 3 aromatic carbocycles. The molecule has 0 spiro atoms. The molecule has 3 rings (SSSR count). The van der Waals surface area contributed by atoms with Crippen molar-refractivity contribution in [2.24, 2.45) is 0 Å². The molecule has 3 aromatic rings. The number of methoxy groups -OCH3 is 1. The minimum Gasteiger partial charge on any atom is -0.497 e. The van der Waals surface area contributed by atoms with Crippen molar-refractivity contribution >= 4 is 21.6 Å². The summed E-state index contributed by atoms with van der Waals surface area (Å²) in [4.78, 5) is 12.6. The maximum Gasteiger partial charge on any atom is 0.261 e. The van der Waals surface area contributed by atoms with E-state index in [1.165, 1.54) is 31.4 Å². The molecule has 2 N–H and O–H groups in total. The number of hydrogen-bond acceptors (Lipinski definition) is 6. The number of amides is 1. The number of sulfonamides is 1. The molecule has 0 atom stereocenters. The molecule has 0 aliphatic carbocycles. The van der Waals surface area contributed by atoms with E-state index in [1.807, 2.05) is 32.0 Å². The molecule has 0 fully saturated rings. The van der Waals surface area contributed by atoms with Crippen LogP contribution in [0.1, 0.15) is 29.8 Å². The van der Waals surface area contributed by atoms with E-state index in [0.29, 0.717) is 54.7 Å². The van der Waals surface area contributed by atoms with Gasteiger partial charge in [-0.15, -0.1) is 0 Å². The molecule has 0 unspecified atom stereocenters. The van der Waals surface area contributed by atoms with Crippen LogP contribution in [0.25, 0.3) is 0 Å². The molecule has 0 radical (unpaired) electrons. The van der Waals surface area contributed by atoms with Crippen molar-refractivity contribution in [2.45, 2.75) is 25.2 Å². The van der Waals surface area contributed by atoms with E-state index in [2.05, 4.69) is 10.0 Å². The van der Waals surface area contributed by atoms with Gasteiger partial charge in [0.25, 0.3) is 15.9 Å². The van der Waals surface area contributed by atoms with Gasteiger partial charge >= 0.3 is 0 Å². The van der Waals surface area contributed by atoms with Gasteiger partial charge in [-0.25, -0.2) is 8.42 Å². The lowest BCUT2D eigenvalue weighted by atomic mass is 10.1. The van der Waals surface area contributed by atoms with Crippen LogP contribution in [0.15, 0.2) is 71.6 Å². The summed E-state index contributed by atoms with van der Waals surface area (Å²) in [6, 6.07) is 18.1. The third-order valence-corrected chi connectivity index (χ3v) is 6.47. The highest BCUT2D eigenvalue weighted by Gasteiger charge is 2.15. The Morgan fingerprint density at radius 3 is 2.14 bits per heavy atom. The normalized spacial score (nSPS) is 10.9. The van der Waals surface area contributed by atoms with Crippen LogP contribution in [-0.4, -0.2) is 41.2 Å². The summed E-state index contributed by atoms with van der Waals surface area (Å²) >= 11 is 0. The van der Waals surface area contributed by atoms with E-state index in [1.54, 1.807) is 24.3 Å². The average molecular weight is 499 g/mol. The summed E-state index contributed by atoms with van der Waals surface area (Å²) in [7, 11) is -2.25. The molecule has 0 aromatic heterocycles. The Hall–Kier alpha value is -3.72. The highest BCUT2D eigenvalue weighted by Crippen LogP contribution is 2.28. The Morgan fingerprint density at radius 2 is 1.51 bits per heavy atom. The number of benzene rings is 3. The second-order valence-corrected chi connectivity index (χ2v) is 9.19. The van der Waals surface area contributed by atoms with Gasteiger partial charge in [0.2, 0.25) is 0 Å². The standard InChI is InChI=1S/C26H30N2O6S/c1-4-33-24-15-6-19(18-25(24)34-5-2)16-17-27-26(29)20-7-13-23(14-8-20)35(30,31)28-21-9-11-22(32-3)12-10-21/h6-15,18,28H,4-5,16-17H2,1-3H3,(H,27,29). The second kappa shape index (κ2) is 12.1. The lowest BCUT2D eigenvalue weighted by Crippen LogP contribution is -2.25. The first-order valence-corrected chi connectivity index (χ1v) is 12.8. The van der Waals surface area contributed by atoms with Gasteiger partial charge in [-0.1, -0.05) is 6.07 Å². The predicted molar refractivity (Wildman–Crippen MR) is 135 cm³/mol. The number of anilines is 1. The van der Waals surface area contributed by atoms with Crippen molar-refractivity contribution in [3.8, 4) is 17.2 Å². The lowest BCUT2D eigenvalue weighted by molar-refractivity contribution is 0.0954. The molecule has 0 saturated heterocycles. The fourth-order valence-electron chi connectivity index (χ4n) is 3.33. The Labute approximate surface area is 206 Å². The second-order valence-electron chi connectivity index (χ2n) is 7.51. The summed E-state index contributed by atoms with van der Waals surface area (Å²) in [6.07, 6.45) is 0.608. The largest absolute Gasteiger partial charge is 0.497 e. The molecule has 0 heterocycles. The fraction of sp³-hybridized carbons (Fsp3) is 0.269. The van der Waals surface area contributed by atoms with Crippen LogP contribution < -0.4 is 24.2 Å². The van der Waals surface area contributed by atoms with Crippen molar-refractivity contribution in [3.63, 3.8) is 0 Å². The molecule has 0 bridgehead atoms. The number of carbonyl (C=O) groups is 1. The highest BCUT2D eigenvalue weighted by molar-refractivity contribution is 7.92. The maximum atomic E-state index is 12.6. The van der Waals surface area contributed by atoms with E-state index >= 15 is 0 Å². The van der Waals surface area contributed by atoms with Crippen molar-refractivity contribution in [3.05, 3.63) is 77.9 Å². The molecule has 8 nitrogen and oxygen atoms in total. The van der Waals surface area contributed by atoms with Gasteiger partial charge in [0.1, 0.15) is 5.75 Å². The van der Waals surface area contributed by atoms with E-state index in [9.17, 15) is 13.2 Å². The van der Waals surface area contributed by atoms with Crippen LogP contribution >= 0.6 is 0 Å². The summed E-state index contributed by atoms with van der Waals surface area (Å²) in [5.74, 6) is 1.71. The summed E-state index contributed by atoms with van der Waals surface area (Å²) in [5, 5.41) is 2.86. The molecular formula is C26H30N2O6S. The van der Waals surface area contributed by atoms with Gasteiger partial charge in [-0.05, 0) is 86.5 Å². The first kappa shape index (κ1) is 25.9. The molecule has 0 aliphatic heterocycles. The van der Waals surface area contributed by atoms with Crippen molar-refractivity contribution in [1.29, 1.82) is 0 Å². The molecule has 186 valence electrons. The number of carbonyl (C=O) groups excluding carboxylic acids is 1. The molecule has 1 amide bonds. The number of ether oxygens (including phenoxy) is 3. The molecule has 9 heteroatoms. The first-order chi connectivity index (χ1) is 16.9. The van der Waals surface area contributed by atoms with Gasteiger partial charge in [-0.3, -0.25) is 9.52 Å². The summed E-state index contributed by atoms with van der Waals surface area (Å²) in [5.41, 5.74) is 1.78.